The summed E-state index contributed by atoms with van der Waals surface area (Å²) >= 11 is 0. The summed E-state index contributed by atoms with van der Waals surface area (Å²) in [6.45, 7) is 1.72. The van der Waals surface area contributed by atoms with Gasteiger partial charge in [0, 0.05) is 42.9 Å². The zero-order valence-corrected chi connectivity index (χ0v) is 21.5. The lowest BCUT2D eigenvalue weighted by Crippen LogP contribution is -2.36. The molecule has 4 rings (SSSR count). The standard InChI is InChI=1S/C29H27N3O8/c33-28(38-19-17-37-18-20-39-29(34)40-26-13-11-25(12-14-26)32(35)36)30-15-16-31-21-24-7-2-1-5-22(24)9-10-23-6-3-4-8-27(23)31/h1-8,11-14H,15-21H2,(H,30,33). The van der Waals surface area contributed by atoms with Gasteiger partial charge in [-0.05, 0) is 35.9 Å². The number of hydrogen-bond donors (Lipinski definition) is 1. The number of benzene rings is 3. The van der Waals surface area contributed by atoms with Crippen molar-refractivity contribution in [3.05, 3.63) is 99.6 Å². The summed E-state index contributed by atoms with van der Waals surface area (Å²) in [5, 5.41) is 13.4. The topological polar surface area (TPSA) is 129 Å². The van der Waals surface area contributed by atoms with Crippen LogP contribution in [0.15, 0.2) is 72.8 Å². The van der Waals surface area contributed by atoms with Gasteiger partial charge in [-0.25, -0.2) is 9.59 Å². The van der Waals surface area contributed by atoms with E-state index in [4.69, 9.17) is 18.9 Å². The molecule has 0 unspecified atom stereocenters. The molecule has 0 saturated heterocycles. The molecule has 0 aromatic heterocycles. The number of hydrogen-bond acceptors (Lipinski definition) is 9. The van der Waals surface area contributed by atoms with Gasteiger partial charge in [0.15, 0.2) is 0 Å². The maximum Gasteiger partial charge on any atom is 0.513 e. The summed E-state index contributed by atoms with van der Waals surface area (Å²) in [5.41, 5.74) is 3.92. The van der Waals surface area contributed by atoms with Gasteiger partial charge in [0.2, 0.25) is 0 Å². The van der Waals surface area contributed by atoms with E-state index < -0.39 is 17.2 Å². The van der Waals surface area contributed by atoms with Gasteiger partial charge in [0.25, 0.3) is 5.69 Å². The quantitative estimate of drug-likeness (QED) is 0.0937. The largest absolute Gasteiger partial charge is 0.513 e. The Hall–Kier alpha value is -5.08. The number of alkyl carbamates (subject to hydrolysis) is 1. The minimum atomic E-state index is -0.966. The molecule has 1 N–H and O–H groups in total. The second-order valence-electron chi connectivity index (χ2n) is 8.47. The molecule has 0 atom stereocenters. The van der Waals surface area contributed by atoms with Crippen LogP contribution in [0.25, 0.3) is 0 Å². The van der Waals surface area contributed by atoms with E-state index in [1.807, 2.05) is 42.5 Å². The molecule has 3 aromatic rings. The van der Waals surface area contributed by atoms with Crippen molar-refractivity contribution in [1.82, 2.24) is 5.32 Å². The van der Waals surface area contributed by atoms with E-state index in [9.17, 15) is 19.7 Å². The predicted octanol–water partition coefficient (Wildman–Crippen LogP) is 4.27. The minimum Gasteiger partial charge on any atom is -0.447 e. The van der Waals surface area contributed by atoms with Gasteiger partial charge in [0.1, 0.15) is 19.0 Å². The van der Waals surface area contributed by atoms with Crippen molar-refractivity contribution in [3.63, 3.8) is 0 Å². The smallest absolute Gasteiger partial charge is 0.447 e. The molecule has 11 nitrogen and oxygen atoms in total. The lowest BCUT2D eigenvalue weighted by atomic mass is 10.0. The molecule has 0 radical (unpaired) electrons. The number of anilines is 1. The SMILES string of the molecule is O=C(NCCN1Cc2ccccc2C#Cc2ccccc21)OCCOCCOC(=O)Oc1ccc([N+](=O)[O-])cc1. The molecule has 1 aliphatic heterocycles. The number of non-ortho nitro benzene ring substituents is 1. The molecule has 0 aliphatic carbocycles. The highest BCUT2D eigenvalue weighted by atomic mass is 16.7. The predicted molar refractivity (Wildman–Crippen MR) is 145 cm³/mol. The van der Waals surface area contributed by atoms with E-state index in [-0.39, 0.29) is 37.9 Å². The zero-order valence-electron chi connectivity index (χ0n) is 21.5. The highest BCUT2D eigenvalue weighted by Gasteiger charge is 2.15. The molecule has 1 amide bonds. The Morgan fingerprint density at radius 3 is 2.33 bits per heavy atom. The molecule has 0 spiro atoms. The number of fused-ring (bicyclic) bond motifs is 2. The van der Waals surface area contributed by atoms with E-state index in [0.717, 1.165) is 22.4 Å². The first-order valence-corrected chi connectivity index (χ1v) is 12.5. The van der Waals surface area contributed by atoms with Crippen LogP contribution < -0.4 is 15.0 Å². The van der Waals surface area contributed by atoms with Crippen LogP contribution in [-0.4, -0.2) is 56.7 Å². The number of nitrogens with one attached hydrogen (secondary N) is 1. The van der Waals surface area contributed by atoms with E-state index in [1.54, 1.807) is 0 Å². The molecule has 0 bridgehead atoms. The van der Waals surface area contributed by atoms with Crippen molar-refractivity contribution in [1.29, 1.82) is 0 Å². The van der Waals surface area contributed by atoms with E-state index in [0.29, 0.717) is 19.6 Å². The number of nitro groups is 1. The monoisotopic (exact) mass is 545 g/mol. The first-order valence-electron chi connectivity index (χ1n) is 12.5. The fourth-order valence-corrected chi connectivity index (χ4v) is 3.85. The van der Waals surface area contributed by atoms with Crippen molar-refractivity contribution < 1.29 is 33.5 Å². The fraction of sp³-hybridized carbons (Fsp3) is 0.241. The van der Waals surface area contributed by atoms with E-state index in [1.165, 1.54) is 24.3 Å². The molecule has 1 heterocycles. The van der Waals surface area contributed by atoms with Crippen LogP contribution in [0, 0.1) is 22.0 Å². The Labute approximate surface area is 230 Å². The fourth-order valence-electron chi connectivity index (χ4n) is 3.85. The summed E-state index contributed by atoms with van der Waals surface area (Å²) < 4.78 is 20.2. The van der Waals surface area contributed by atoms with E-state index >= 15 is 0 Å². The van der Waals surface area contributed by atoms with Gasteiger partial charge < -0.3 is 29.2 Å². The molecule has 11 heteroatoms. The van der Waals surface area contributed by atoms with Crippen molar-refractivity contribution in [2.24, 2.45) is 0 Å². The zero-order chi connectivity index (χ0) is 28.2. The van der Waals surface area contributed by atoms with Crippen LogP contribution in [0.1, 0.15) is 16.7 Å². The van der Waals surface area contributed by atoms with Gasteiger partial charge in [-0.3, -0.25) is 10.1 Å². The number of ether oxygens (including phenoxy) is 4. The minimum absolute atomic E-state index is 0.0224. The molecule has 206 valence electrons. The van der Waals surface area contributed by atoms with Crippen molar-refractivity contribution in [3.8, 4) is 17.6 Å². The number of amides is 1. The maximum absolute atomic E-state index is 12.1. The van der Waals surface area contributed by atoms with Gasteiger partial charge in [-0.2, -0.15) is 0 Å². The maximum atomic E-state index is 12.1. The Balaban J connectivity index is 1.10. The van der Waals surface area contributed by atoms with Crippen molar-refractivity contribution in [2.75, 3.05) is 44.4 Å². The number of carbonyl (C=O) groups is 2. The average molecular weight is 546 g/mol. The van der Waals surface area contributed by atoms with Crippen molar-refractivity contribution in [2.45, 2.75) is 6.54 Å². The van der Waals surface area contributed by atoms with Crippen molar-refractivity contribution >= 4 is 23.6 Å². The summed E-state index contributed by atoms with van der Waals surface area (Å²) in [6.07, 6.45) is -1.53. The second kappa shape index (κ2) is 14.2. The van der Waals surface area contributed by atoms with Crippen LogP contribution in [0.5, 0.6) is 5.75 Å². The molecule has 3 aromatic carbocycles. The number of para-hydroxylation sites is 1. The van der Waals surface area contributed by atoms with Crippen LogP contribution >= 0.6 is 0 Å². The molecular weight excluding hydrogens is 518 g/mol. The molecule has 1 aliphatic rings. The van der Waals surface area contributed by atoms with Crippen LogP contribution in [-0.2, 0) is 20.8 Å². The summed E-state index contributed by atoms with van der Waals surface area (Å²) in [4.78, 5) is 36.0. The molecule has 0 fully saturated rings. The molecule has 0 saturated carbocycles. The van der Waals surface area contributed by atoms with E-state index in [2.05, 4.69) is 28.1 Å². The van der Waals surface area contributed by atoms with Gasteiger partial charge in [-0.15, -0.1) is 0 Å². The third-order valence-corrected chi connectivity index (χ3v) is 5.76. The normalized spacial score (nSPS) is 11.4. The van der Waals surface area contributed by atoms with Gasteiger partial charge >= 0.3 is 12.2 Å². The summed E-state index contributed by atoms with van der Waals surface area (Å²) in [6, 6.07) is 21.0. The van der Waals surface area contributed by atoms with Crippen LogP contribution in [0.3, 0.4) is 0 Å². The highest BCUT2D eigenvalue weighted by molar-refractivity contribution is 5.68. The van der Waals surface area contributed by atoms with Gasteiger partial charge in [-0.1, -0.05) is 42.2 Å². The number of rotatable bonds is 11. The Morgan fingerprint density at radius 1 is 0.875 bits per heavy atom. The first kappa shape index (κ1) is 27.9. The molecule has 40 heavy (non-hydrogen) atoms. The lowest BCUT2D eigenvalue weighted by Gasteiger charge is -2.27. The third kappa shape index (κ3) is 8.21. The Bertz CT molecular complexity index is 1400. The molecular formula is C29H27N3O8. The summed E-state index contributed by atoms with van der Waals surface area (Å²) in [5.74, 6) is 6.61. The third-order valence-electron chi connectivity index (χ3n) is 5.76. The highest BCUT2D eigenvalue weighted by Crippen LogP contribution is 2.24. The second-order valence-corrected chi connectivity index (χ2v) is 8.47. The Morgan fingerprint density at radius 2 is 1.55 bits per heavy atom. The van der Waals surface area contributed by atoms with Gasteiger partial charge in [0.05, 0.1) is 23.8 Å². The Kier molecular flexibility index (Phi) is 9.90. The number of nitrogens with zero attached hydrogens (tertiary/aromatic N) is 2. The number of nitro benzene ring substituents is 1. The van der Waals surface area contributed by atoms with Crippen LogP contribution in [0.2, 0.25) is 0 Å². The number of carbonyl (C=O) groups excluding carboxylic acids is 2. The lowest BCUT2D eigenvalue weighted by molar-refractivity contribution is -0.384. The average Bonchev–Trinajstić information content (AvgIpc) is 2.95. The van der Waals surface area contributed by atoms with Crippen LogP contribution in [0.4, 0.5) is 21.0 Å². The first-order chi connectivity index (χ1) is 19.5. The summed E-state index contributed by atoms with van der Waals surface area (Å²) in [7, 11) is 0.